The lowest BCUT2D eigenvalue weighted by Gasteiger charge is -2.20. The summed E-state index contributed by atoms with van der Waals surface area (Å²) < 4.78 is 5.13. The van der Waals surface area contributed by atoms with E-state index in [0.717, 1.165) is 12.8 Å². The fourth-order valence-electron chi connectivity index (χ4n) is 1.65. The summed E-state index contributed by atoms with van der Waals surface area (Å²) in [7, 11) is 3.79. The molecular formula is C10H19NO2. The Balaban J connectivity index is 2.21. The molecule has 0 heterocycles. The Kier molecular flexibility index (Phi) is 4.22. The zero-order valence-electron chi connectivity index (χ0n) is 8.58. The van der Waals surface area contributed by atoms with E-state index in [1.807, 2.05) is 19.0 Å². The summed E-state index contributed by atoms with van der Waals surface area (Å²) in [5, 5.41) is 0. The molecule has 76 valence electrons. The Labute approximate surface area is 80.1 Å². The summed E-state index contributed by atoms with van der Waals surface area (Å²) >= 11 is 0. The van der Waals surface area contributed by atoms with Gasteiger partial charge in [0.2, 0.25) is 0 Å². The zero-order valence-corrected chi connectivity index (χ0v) is 8.58. The number of carbonyl (C=O) groups excluding carboxylic acids is 1. The summed E-state index contributed by atoms with van der Waals surface area (Å²) in [6.45, 7) is 0.412. The molecular weight excluding hydrogens is 166 g/mol. The van der Waals surface area contributed by atoms with Crippen LogP contribution in [0.3, 0.4) is 0 Å². The van der Waals surface area contributed by atoms with Crippen LogP contribution in [0.4, 0.5) is 0 Å². The largest absolute Gasteiger partial charge is 0.449 e. The summed E-state index contributed by atoms with van der Waals surface area (Å²) in [6.07, 6.45) is 5.68. The van der Waals surface area contributed by atoms with Crippen LogP contribution >= 0.6 is 0 Å². The minimum atomic E-state index is -0.00611. The Bertz CT molecular complexity index is 162. The molecule has 0 atom stereocenters. The van der Waals surface area contributed by atoms with Gasteiger partial charge in [-0.15, -0.1) is 0 Å². The van der Waals surface area contributed by atoms with Crippen molar-refractivity contribution in [2.24, 2.45) is 5.92 Å². The first-order valence-corrected chi connectivity index (χ1v) is 5.01. The number of ether oxygens (including phenoxy) is 1. The van der Waals surface area contributed by atoms with Crippen LogP contribution in [0.5, 0.6) is 0 Å². The van der Waals surface area contributed by atoms with Gasteiger partial charge in [0.1, 0.15) is 6.73 Å². The molecule has 3 nitrogen and oxygen atoms in total. The van der Waals surface area contributed by atoms with Crippen molar-refractivity contribution in [1.82, 2.24) is 4.90 Å². The number of rotatable bonds is 3. The first kappa shape index (κ1) is 10.5. The van der Waals surface area contributed by atoms with Crippen LogP contribution < -0.4 is 0 Å². The Morgan fingerprint density at radius 2 is 1.92 bits per heavy atom. The normalized spacial score (nSPS) is 19.0. The van der Waals surface area contributed by atoms with Gasteiger partial charge >= 0.3 is 5.97 Å². The van der Waals surface area contributed by atoms with Crippen molar-refractivity contribution in [2.45, 2.75) is 32.1 Å². The van der Waals surface area contributed by atoms with Crippen molar-refractivity contribution in [3.05, 3.63) is 0 Å². The SMILES string of the molecule is CN(C)COC(=O)C1CCCCC1. The minimum Gasteiger partial charge on any atom is -0.449 e. The maximum Gasteiger partial charge on any atom is 0.310 e. The van der Waals surface area contributed by atoms with E-state index in [-0.39, 0.29) is 11.9 Å². The minimum absolute atomic E-state index is 0.00611. The average molecular weight is 185 g/mol. The monoisotopic (exact) mass is 185 g/mol. The highest BCUT2D eigenvalue weighted by atomic mass is 16.5. The fraction of sp³-hybridized carbons (Fsp3) is 0.900. The molecule has 3 heteroatoms. The lowest BCUT2D eigenvalue weighted by Crippen LogP contribution is -2.25. The van der Waals surface area contributed by atoms with E-state index < -0.39 is 0 Å². The molecule has 0 aromatic heterocycles. The Morgan fingerprint density at radius 3 is 2.46 bits per heavy atom. The second-order valence-corrected chi connectivity index (χ2v) is 4.01. The van der Waals surface area contributed by atoms with E-state index in [0.29, 0.717) is 6.73 Å². The van der Waals surface area contributed by atoms with Gasteiger partial charge in [-0.2, -0.15) is 0 Å². The maximum absolute atomic E-state index is 11.5. The van der Waals surface area contributed by atoms with Gasteiger partial charge < -0.3 is 4.74 Å². The summed E-state index contributed by atoms with van der Waals surface area (Å²) in [5.41, 5.74) is 0. The zero-order chi connectivity index (χ0) is 9.68. The van der Waals surface area contributed by atoms with E-state index in [2.05, 4.69) is 0 Å². The molecule has 1 rings (SSSR count). The highest BCUT2D eigenvalue weighted by molar-refractivity contribution is 5.72. The molecule has 0 bridgehead atoms. The molecule has 0 radical (unpaired) electrons. The van der Waals surface area contributed by atoms with Crippen LogP contribution in [-0.4, -0.2) is 31.7 Å². The Morgan fingerprint density at radius 1 is 1.31 bits per heavy atom. The van der Waals surface area contributed by atoms with E-state index in [4.69, 9.17) is 4.74 Å². The molecule has 1 aliphatic rings. The van der Waals surface area contributed by atoms with Crippen molar-refractivity contribution in [1.29, 1.82) is 0 Å². The van der Waals surface area contributed by atoms with Gasteiger partial charge in [-0.25, -0.2) is 0 Å². The summed E-state index contributed by atoms with van der Waals surface area (Å²) in [5.74, 6) is 0.169. The third kappa shape index (κ3) is 3.77. The lowest BCUT2D eigenvalue weighted by atomic mass is 9.89. The van der Waals surface area contributed by atoms with Crippen LogP contribution in [0.25, 0.3) is 0 Å². The number of nitrogens with zero attached hydrogens (tertiary/aromatic N) is 1. The molecule has 0 spiro atoms. The summed E-state index contributed by atoms with van der Waals surface area (Å²) in [4.78, 5) is 13.3. The molecule has 13 heavy (non-hydrogen) atoms. The molecule has 1 aliphatic carbocycles. The first-order valence-electron chi connectivity index (χ1n) is 5.01. The molecule has 0 aliphatic heterocycles. The van der Waals surface area contributed by atoms with Crippen molar-refractivity contribution >= 4 is 5.97 Å². The van der Waals surface area contributed by atoms with E-state index in [1.165, 1.54) is 19.3 Å². The van der Waals surface area contributed by atoms with Crippen LogP contribution in [0.1, 0.15) is 32.1 Å². The average Bonchev–Trinajstić information content (AvgIpc) is 2.15. The number of hydrogen-bond acceptors (Lipinski definition) is 3. The van der Waals surface area contributed by atoms with Crippen molar-refractivity contribution in [3.63, 3.8) is 0 Å². The highest BCUT2D eigenvalue weighted by Crippen LogP contribution is 2.24. The molecule has 0 unspecified atom stereocenters. The standard InChI is InChI=1S/C10H19NO2/c1-11(2)8-13-10(12)9-6-4-3-5-7-9/h9H,3-8H2,1-2H3. The van der Waals surface area contributed by atoms with Crippen LogP contribution in [-0.2, 0) is 9.53 Å². The lowest BCUT2D eigenvalue weighted by molar-refractivity contribution is -0.153. The van der Waals surface area contributed by atoms with Crippen LogP contribution in [0.15, 0.2) is 0 Å². The topological polar surface area (TPSA) is 29.5 Å². The van der Waals surface area contributed by atoms with E-state index >= 15 is 0 Å². The highest BCUT2D eigenvalue weighted by Gasteiger charge is 2.22. The fourth-order valence-corrected chi connectivity index (χ4v) is 1.65. The van der Waals surface area contributed by atoms with Crippen molar-refractivity contribution in [2.75, 3.05) is 20.8 Å². The van der Waals surface area contributed by atoms with E-state index in [9.17, 15) is 4.79 Å². The van der Waals surface area contributed by atoms with Gasteiger partial charge in [0.25, 0.3) is 0 Å². The van der Waals surface area contributed by atoms with Gasteiger partial charge in [0.15, 0.2) is 0 Å². The predicted molar refractivity (Wildman–Crippen MR) is 51.2 cm³/mol. The van der Waals surface area contributed by atoms with Gasteiger partial charge in [-0.1, -0.05) is 19.3 Å². The molecule has 0 aromatic carbocycles. The van der Waals surface area contributed by atoms with Crippen LogP contribution in [0, 0.1) is 5.92 Å². The molecule has 1 fully saturated rings. The van der Waals surface area contributed by atoms with Gasteiger partial charge in [0.05, 0.1) is 5.92 Å². The quantitative estimate of drug-likeness (QED) is 0.494. The van der Waals surface area contributed by atoms with Crippen molar-refractivity contribution in [3.8, 4) is 0 Å². The van der Waals surface area contributed by atoms with Crippen molar-refractivity contribution < 1.29 is 9.53 Å². The number of carbonyl (C=O) groups is 1. The van der Waals surface area contributed by atoms with Crippen LogP contribution in [0.2, 0.25) is 0 Å². The second kappa shape index (κ2) is 5.22. The third-order valence-corrected chi connectivity index (χ3v) is 2.40. The molecule has 0 amide bonds. The Hall–Kier alpha value is -0.570. The number of hydrogen-bond donors (Lipinski definition) is 0. The summed E-state index contributed by atoms with van der Waals surface area (Å²) in [6, 6.07) is 0. The molecule has 0 N–H and O–H groups in total. The van der Waals surface area contributed by atoms with E-state index in [1.54, 1.807) is 0 Å². The van der Waals surface area contributed by atoms with Gasteiger partial charge in [0, 0.05) is 0 Å². The third-order valence-electron chi connectivity index (χ3n) is 2.40. The molecule has 1 saturated carbocycles. The smallest absolute Gasteiger partial charge is 0.310 e. The first-order chi connectivity index (χ1) is 6.20. The second-order valence-electron chi connectivity index (χ2n) is 4.01. The maximum atomic E-state index is 11.5. The van der Waals surface area contributed by atoms with Gasteiger partial charge in [-0.3, -0.25) is 9.69 Å². The number of esters is 1. The molecule has 0 saturated heterocycles. The predicted octanol–water partition coefficient (Wildman–Crippen LogP) is 1.63. The molecule has 0 aromatic rings. The van der Waals surface area contributed by atoms with Gasteiger partial charge in [-0.05, 0) is 26.9 Å².